The van der Waals surface area contributed by atoms with Gasteiger partial charge in [-0.25, -0.2) is 0 Å². The van der Waals surface area contributed by atoms with E-state index in [1.54, 1.807) is 0 Å². The molecule has 1 aromatic heterocycles. The molecule has 1 N–H and O–H groups in total. The van der Waals surface area contributed by atoms with Crippen LogP contribution in [0.2, 0.25) is 0 Å². The van der Waals surface area contributed by atoms with Gasteiger partial charge in [-0.05, 0) is 31.9 Å². The minimum Gasteiger partial charge on any atom is -0.374 e. The Hall–Kier alpha value is -0.870. The summed E-state index contributed by atoms with van der Waals surface area (Å²) in [7, 11) is 1.98. The minimum absolute atomic E-state index is 0.544. The molecular weight excluding hydrogens is 214 g/mol. The number of nitrogens with zero attached hydrogens (tertiary/aromatic N) is 2. The lowest BCUT2D eigenvalue weighted by atomic mass is 10.1. The largest absolute Gasteiger partial charge is 0.374 e. The van der Waals surface area contributed by atoms with Gasteiger partial charge < -0.3 is 10.1 Å². The molecule has 4 nitrogen and oxygen atoms in total. The van der Waals surface area contributed by atoms with Gasteiger partial charge >= 0.3 is 0 Å². The highest BCUT2D eigenvalue weighted by atomic mass is 16.5. The number of ether oxygens (including phenoxy) is 1. The standard InChI is InChI=1S/C13H23N3O/c1-3-11-8-13(16(2)15-11)10-17-9-12-6-4-5-7-14-12/h8,12,14H,3-7,9-10H2,1-2H3. The van der Waals surface area contributed by atoms with E-state index >= 15 is 0 Å². The van der Waals surface area contributed by atoms with Crippen molar-refractivity contribution in [3.05, 3.63) is 17.5 Å². The zero-order valence-corrected chi connectivity index (χ0v) is 10.9. The lowest BCUT2D eigenvalue weighted by molar-refractivity contribution is 0.0871. The fourth-order valence-electron chi connectivity index (χ4n) is 2.25. The quantitative estimate of drug-likeness (QED) is 0.846. The lowest BCUT2D eigenvalue weighted by Gasteiger charge is -2.23. The summed E-state index contributed by atoms with van der Waals surface area (Å²) in [5.74, 6) is 0. The van der Waals surface area contributed by atoms with Crippen LogP contribution in [0.4, 0.5) is 0 Å². The van der Waals surface area contributed by atoms with Gasteiger partial charge in [0.2, 0.25) is 0 Å². The molecule has 1 saturated heterocycles. The summed E-state index contributed by atoms with van der Waals surface area (Å²) in [5, 5.41) is 7.90. The average Bonchev–Trinajstić information content (AvgIpc) is 2.72. The van der Waals surface area contributed by atoms with Gasteiger partial charge in [0.15, 0.2) is 0 Å². The van der Waals surface area contributed by atoms with Gasteiger partial charge in [-0.1, -0.05) is 13.3 Å². The van der Waals surface area contributed by atoms with Gasteiger partial charge in [-0.15, -0.1) is 0 Å². The molecule has 0 bridgehead atoms. The molecule has 96 valence electrons. The van der Waals surface area contributed by atoms with Crippen molar-refractivity contribution in [1.29, 1.82) is 0 Å². The summed E-state index contributed by atoms with van der Waals surface area (Å²) in [6.07, 6.45) is 4.86. The van der Waals surface area contributed by atoms with E-state index in [9.17, 15) is 0 Å². The topological polar surface area (TPSA) is 39.1 Å². The predicted octanol–water partition coefficient (Wildman–Crippen LogP) is 1.64. The number of nitrogens with one attached hydrogen (secondary N) is 1. The molecule has 1 fully saturated rings. The van der Waals surface area contributed by atoms with Gasteiger partial charge in [-0.3, -0.25) is 4.68 Å². The second-order valence-corrected chi connectivity index (χ2v) is 4.77. The molecule has 1 unspecified atom stereocenters. The van der Waals surface area contributed by atoms with Crippen molar-refractivity contribution in [3.63, 3.8) is 0 Å². The Morgan fingerprint density at radius 1 is 1.53 bits per heavy atom. The smallest absolute Gasteiger partial charge is 0.0885 e. The molecule has 1 aliphatic rings. The Morgan fingerprint density at radius 3 is 3.06 bits per heavy atom. The Kier molecular flexibility index (Phi) is 4.57. The van der Waals surface area contributed by atoms with E-state index in [1.807, 2.05) is 11.7 Å². The predicted molar refractivity (Wildman–Crippen MR) is 67.9 cm³/mol. The molecule has 0 amide bonds. The summed E-state index contributed by atoms with van der Waals surface area (Å²) < 4.78 is 7.70. The van der Waals surface area contributed by atoms with E-state index in [1.165, 1.54) is 19.3 Å². The van der Waals surface area contributed by atoms with Crippen LogP contribution in [0.5, 0.6) is 0 Å². The highest BCUT2D eigenvalue weighted by Crippen LogP contribution is 2.09. The molecular formula is C13H23N3O. The zero-order valence-electron chi connectivity index (χ0n) is 10.9. The second-order valence-electron chi connectivity index (χ2n) is 4.77. The van der Waals surface area contributed by atoms with Gasteiger partial charge in [0.25, 0.3) is 0 Å². The molecule has 1 aliphatic heterocycles. The van der Waals surface area contributed by atoms with Crippen molar-refractivity contribution < 1.29 is 4.74 Å². The molecule has 17 heavy (non-hydrogen) atoms. The van der Waals surface area contributed by atoms with E-state index in [0.29, 0.717) is 12.6 Å². The summed E-state index contributed by atoms with van der Waals surface area (Å²) in [4.78, 5) is 0. The first-order chi connectivity index (χ1) is 8.29. The molecule has 0 spiro atoms. The first kappa shape index (κ1) is 12.6. The van der Waals surface area contributed by atoms with Crippen LogP contribution in [0.25, 0.3) is 0 Å². The third-order valence-corrected chi connectivity index (χ3v) is 3.37. The number of hydrogen-bond acceptors (Lipinski definition) is 3. The summed E-state index contributed by atoms with van der Waals surface area (Å²) in [5.41, 5.74) is 2.31. The normalized spacial score (nSPS) is 20.7. The van der Waals surface area contributed by atoms with Gasteiger partial charge in [0.1, 0.15) is 0 Å². The van der Waals surface area contributed by atoms with Crippen molar-refractivity contribution in [2.24, 2.45) is 7.05 Å². The Bertz CT molecular complexity index is 342. The number of rotatable bonds is 5. The monoisotopic (exact) mass is 237 g/mol. The minimum atomic E-state index is 0.544. The number of aromatic nitrogens is 2. The first-order valence-electron chi connectivity index (χ1n) is 6.62. The number of piperidine rings is 1. The maximum Gasteiger partial charge on any atom is 0.0885 e. The third-order valence-electron chi connectivity index (χ3n) is 3.37. The molecule has 0 saturated carbocycles. The summed E-state index contributed by atoms with van der Waals surface area (Å²) in [6, 6.07) is 2.68. The van der Waals surface area contributed by atoms with Crippen molar-refractivity contribution in [3.8, 4) is 0 Å². The molecule has 0 aromatic carbocycles. The van der Waals surface area contributed by atoms with E-state index in [4.69, 9.17) is 4.74 Å². The number of aryl methyl sites for hydroxylation is 2. The van der Waals surface area contributed by atoms with Crippen LogP contribution in [0.3, 0.4) is 0 Å². The lowest BCUT2D eigenvalue weighted by Crippen LogP contribution is -2.37. The Morgan fingerprint density at radius 2 is 2.41 bits per heavy atom. The molecule has 4 heteroatoms. The van der Waals surface area contributed by atoms with Crippen LogP contribution < -0.4 is 5.32 Å². The number of hydrogen-bond donors (Lipinski definition) is 1. The second kappa shape index (κ2) is 6.17. The summed E-state index contributed by atoms with van der Waals surface area (Å²) in [6.45, 7) is 4.74. The highest BCUT2D eigenvalue weighted by Gasteiger charge is 2.12. The highest BCUT2D eigenvalue weighted by molar-refractivity contribution is 5.09. The Balaban J connectivity index is 1.75. The molecule has 1 aromatic rings. The van der Waals surface area contributed by atoms with Crippen LogP contribution >= 0.6 is 0 Å². The maximum atomic E-state index is 5.77. The van der Waals surface area contributed by atoms with Crippen molar-refractivity contribution in [2.75, 3.05) is 13.2 Å². The first-order valence-corrected chi connectivity index (χ1v) is 6.62. The van der Waals surface area contributed by atoms with Gasteiger partial charge in [0.05, 0.1) is 24.6 Å². The van der Waals surface area contributed by atoms with Crippen LogP contribution in [0, 0.1) is 0 Å². The fraction of sp³-hybridized carbons (Fsp3) is 0.769. The molecule has 1 atom stereocenters. The van der Waals surface area contributed by atoms with Crippen molar-refractivity contribution in [2.45, 2.75) is 45.3 Å². The van der Waals surface area contributed by atoms with Crippen LogP contribution in [0.1, 0.15) is 37.6 Å². The van der Waals surface area contributed by atoms with Crippen LogP contribution in [0.15, 0.2) is 6.07 Å². The third kappa shape index (κ3) is 3.54. The zero-order chi connectivity index (χ0) is 12.1. The molecule has 0 aliphatic carbocycles. The van der Waals surface area contributed by atoms with E-state index in [-0.39, 0.29) is 0 Å². The SMILES string of the molecule is CCc1cc(COCC2CCCCN2)n(C)n1. The maximum absolute atomic E-state index is 5.77. The molecule has 2 heterocycles. The van der Waals surface area contributed by atoms with Crippen LogP contribution in [-0.4, -0.2) is 29.0 Å². The Labute approximate surface area is 103 Å². The molecule has 0 radical (unpaired) electrons. The van der Waals surface area contributed by atoms with E-state index in [0.717, 1.165) is 31.0 Å². The summed E-state index contributed by atoms with van der Waals surface area (Å²) >= 11 is 0. The average molecular weight is 237 g/mol. The van der Waals surface area contributed by atoms with Crippen molar-refractivity contribution in [1.82, 2.24) is 15.1 Å². The van der Waals surface area contributed by atoms with Crippen molar-refractivity contribution >= 4 is 0 Å². The van der Waals surface area contributed by atoms with Gasteiger partial charge in [-0.2, -0.15) is 5.10 Å². The van der Waals surface area contributed by atoms with Crippen LogP contribution in [-0.2, 0) is 24.8 Å². The van der Waals surface area contributed by atoms with Gasteiger partial charge in [0, 0.05) is 13.1 Å². The molecule has 2 rings (SSSR count). The van der Waals surface area contributed by atoms with E-state index in [2.05, 4.69) is 23.4 Å². The van der Waals surface area contributed by atoms with E-state index < -0.39 is 0 Å². The fourth-order valence-corrected chi connectivity index (χ4v) is 2.25.